The molecule has 0 unspecified atom stereocenters. The van der Waals surface area contributed by atoms with E-state index in [4.69, 9.17) is 4.74 Å². The second kappa shape index (κ2) is 8.57. The highest BCUT2D eigenvalue weighted by Crippen LogP contribution is 2.32. The monoisotopic (exact) mass is 376 g/mol. The van der Waals surface area contributed by atoms with Crippen LogP contribution in [0.5, 0.6) is 11.6 Å². The van der Waals surface area contributed by atoms with Gasteiger partial charge in [-0.1, -0.05) is 0 Å². The second-order valence-corrected chi connectivity index (χ2v) is 7.14. The van der Waals surface area contributed by atoms with Crippen molar-refractivity contribution in [2.45, 2.75) is 6.92 Å². The summed E-state index contributed by atoms with van der Waals surface area (Å²) in [7, 11) is 7.28. The normalized spacial score (nSPS) is 11.3. The van der Waals surface area contributed by atoms with Gasteiger partial charge in [0.1, 0.15) is 4.88 Å². The maximum absolute atomic E-state index is 14.3. The van der Waals surface area contributed by atoms with Gasteiger partial charge in [-0.25, -0.2) is 14.4 Å². The summed E-state index contributed by atoms with van der Waals surface area (Å²) in [5, 5.41) is 0.661. The number of benzene rings is 1. The Balaban J connectivity index is 2.25. The minimum Gasteiger partial charge on any atom is -0.434 e. The number of ether oxygens (including phenoxy) is 1. The predicted molar refractivity (Wildman–Crippen MR) is 102 cm³/mol. The van der Waals surface area contributed by atoms with Gasteiger partial charge in [0.2, 0.25) is 11.7 Å². The molecule has 1 aromatic carbocycles. The van der Waals surface area contributed by atoms with E-state index in [1.54, 1.807) is 35.3 Å². The van der Waals surface area contributed by atoms with Crippen LogP contribution in [0.1, 0.15) is 14.7 Å². The molecule has 0 amide bonds. The van der Waals surface area contributed by atoms with E-state index < -0.39 is 5.82 Å². The number of aromatic nitrogens is 1. The van der Waals surface area contributed by atoms with Crippen LogP contribution in [0.4, 0.5) is 10.1 Å². The molecule has 0 bridgehead atoms. The van der Waals surface area contributed by atoms with Crippen LogP contribution >= 0.6 is 11.3 Å². The highest BCUT2D eigenvalue weighted by atomic mass is 32.1. The van der Waals surface area contributed by atoms with Crippen molar-refractivity contribution in [3.63, 3.8) is 0 Å². The van der Waals surface area contributed by atoms with Gasteiger partial charge in [0.05, 0.1) is 17.0 Å². The zero-order valence-corrected chi connectivity index (χ0v) is 16.2. The second-order valence-electron chi connectivity index (χ2n) is 5.94. The third-order valence-corrected chi connectivity index (χ3v) is 3.98. The van der Waals surface area contributed by atoms with Crippen molar-refractivity contribution in [1.29, 1.82) is 0 Å². The molecule has 0 N–H and O–H groups in total. The molecule has 0 fully saturated rings. The SMILES string of the molecule is Cc1nc(Oc2ccc(N=CN(C)C)cc2F)c(C(=O)/C=C/N(C)C)s1. The molecule has 0 spiro atoms. The minimum atomic E-state index is -0.578. The molecule has 0 aliphatic heterocycles. The number of hydrogen-bond donors (Lipinski definition) is 0. The summed E-state index contributed by atoms with van der Waals surface area (Å²) in [6, 6.07) is 4.36. The minimum absolute atomic E-state index is 0.00950. The first kappa shape index (κ1) is 19.6. The Hall–Kier alpha value is -2.74. The van der Waals surface area contributed by atoms with Crippen LogP contribution in [-0.2, 0) is 0 Å². The first-order valence-corrected chi connectivity index (χ1v) is 8.62. The summed E-state index contributed by atoms with van der Waals surface area (Å²) in [5.74, 6) is -0.729. The number of carbonyl (C=O) groups excluding carboxylic acids is 1. The number of halogens is 1. The fraction of sp³-hybridized carbons (Fsp3) is 0.278. The van der Waals surface area contributed by atoms with E-state index in [1.807, 2.05) is 28.2 Å². The number of thiazole rings is 1. The third-order valence-electron chi connectivity index (χ3n) is 3.01. The van der Waals surface area contributed by atoms with Crippen molar-refractivity contribution in [2.75, 3.05) is 28.2 Å². The zero-order valence-electron chi connectivity index (χ0n) is 15.4. The van der Waals surface area contributed by atoms with E-state index in [-0.39, 0.29) is 17.4 Å². The van der Waals surface area contributed by atoms with Gasteiger partial charge in [-0.15, -0.1) is 11.3 Å². The largest absolute Gasteiger partial charge is 0.434 e. The smallest absolute Gasteiger partial charge is 0.241 e. The van der Waals surface area contributed by atoms with Crippen LogP contribution < -0.4 is 4.74 Å². The lowest BCUT2D eigenvalue weighted by molar-refractivity contribution is 0.104. The molecule has 2 aromatic rings. The number of aryl methyl sites for hydroxylation is 1. The fourth-order valence-corrected chi connectivity index (χ4v) is 2.63. The van der Waals surface area contributed by atoms with Gasteiger partial charge >= 0.3 is 0 Å². The first-order valence-electron chi connectivity index (χ1n) is 7.80. The number of allylic oxidation sites excluding steroid dienone is 1. The average molecular weight is 376 g/mol. The lowest BCUT2D eigenvalue weighted by atomic mass is 10.3. The quantitative estimate of drug-likeness (QED) is 0.318. The highest BCUT2D eigenvalue weighted by Gasteiger charge is 2.18. The predicted octanol–water partition coefficient (Wildman–Crippen LogP) is 3.86. The van der Waals surface area contributed by atoms with Crippen molar-refractivity contribution in [3.8, 4) is 11.6 Å². The lowest BCUT2D eigenvalue weighted by Crippen LogP contribution is -2.06. The lowest BCUT2D eigenvalue weighted by Gasteiger charge is -2.07. The van der Waals surface area contributed by atoms with Gasteiger partial charge in [0, 0.05) is 46.5 Å². The molecule has 1 heterocycles. The molecule has 0 saturated heterocycles. The molecular weight excluding hydrogens is 355 g/mol. The summed E-state index contributed by atoms with van der Waals surface area (Å²) in [6.07, 6.45) is 4.64. The molecule has 0 saturated carbocycles. The van der Waals surface area contributed by atoms with Crippen LogP contribution in [0.15, 0.2) is 35.5 Å². The molecule has 1 aromatic heterocycles. The molecule has 2 rings (SSSR count). The number of nitrogens with zero attached hydrogens (tertiary/aromatic N) is 4. The Morgan fingerprint density at radius 1 is 1.27 bits per heavy atom. The van der Waals surface area contributed by atoms with Gasteiger partial charge in [-0.2, -0.15) is 0 Å². The van der Waals surface area contributed by atoms with Crippen molar-refractivity contribution in [3.05, 3.63) is 46.2 Å². The molecule has 138 valence electrons. The van der Waals surface area contributed by atoms with E-state index in [2.05, 4.69) is 9.98 Å². The van der Waals surface area contributed by atoms with Gasteiger partial charge in [0.25, 0.3) is 0 Å². The maximum Gasteiger partial charge on any atom is 0.241 e. The van der Waals surface area contributed by atoms with E-state index in [1.165, 1.54) is 29.5 Å². The number of hydrogen-bond acceptors (Lipinski definition) is 6. The molecule has 0 radical (unpaired) electrons. The molecule has 8 heteroatoms. The van der Waals surface area contributed by atoms with Gasteiger partial charge < -0.3 is 14.5 Å². The Kier molecular flexibility index (Phi) is 6.46. The van der Waals surface area contributed by atoms with Gasteiger partial charge in [-0.05, 0) is 19.1 Å². The number of ketones is 1. The Morgan fingerprint density at radius 2 is 2.00 bits per heavy atom. The molecule has 6 nitrogen and oxygen atoms in total. The van der Waals surface area contributed by atoms with Crippen LogP contribution in [0.25, 0.3) is 0 Å². The van der Waals surface area contributed by atoms with Crippen molar-refractivity contribution < 1.29 is 13.9 Å². The van der Waals surface area contributed by atoms with Crippen molar-refractivity contribution in [2.24, 2.45) is 4.99 Å². The summed E-state index contributed by atoms with van der Waals surface area (Å²) in [4.78, 5) is 24.5. The summed E-state index contributed by atoms with van der Waals surface area (Å²) >= 11 is 1.21. The van der Waals surface area contributed by atoms with Crippen LogP contribution in [0, 0.1) is 12.7 Å². The Bertz CT molecular complexity index is 844. The van der Waals surface area contributed by atoms with Crippen LogP contribution in [-0.4, -0.2) is 55.1 Å². The number of aliphatic imine (C=N–C) groups is 1. The average Bonchev–Trinajstić information content (AvgIpc) is 2.93. The fourth-order valence-electron chi connectivity index (χ4n) is 1.86. The van der Waals surface area contributed by atoms with E-state index in [9.17, 15) is 9.18 Å². The van der Waals surface area contributed by atoms with Crippen molar-refractivity contribution in [1.82, 2.24) is 14.8 Å². The molecule has 0 atom stereocenters. The molecule has 0 aliphatic rings. The van der Waals surface area contributed by atoms with E-state index in [0.29, 0.717) is 15.6 Å². The Morgan fingerprint density at radius 3 is 2.62 bits per heavy atom. The zero-order chi connectivity index (χ0) is 19.3. The van der Waals surface area contributed by atoms with Crippen molar-refractivity contribution >= 4 is 29.1 Å². The first-order chi connectivity index (χ1) is 12.3. The standard InChI is InChI=1S/C18H21FN4O2S/c1-12-21-18(17(26-12)15(24)8-9-22(2)3)25-16-7-6-13(10-14(16)19)20-11-23(4)5/h6-11H,1-5H3/b9-8+,20-11?. The van der Waals surface area contributed by atoms with E-state index >= 15 is 0 Å². The number of rotatable bonds is 7. The molecule has 26 heavy (non-hydrogen) atoms. The highest BCUT2D eigenvalue weighted by molar-refractivity contribution is 7.14. The van der Waals surface area contributed by atoms with E-state index in [0.717, 1.165) is 0 Å². The third kappa shape index (κ3) is 5.38. The maximum atomic E-state index is 14.3. The summed E-state index contributed by atoms with van der Waals surface area (Å²) in [5.41, 5.74) is 0.461. The van der Waals surface area contributed by atoms with Crippen LogP contribution in [0.2, 0.25) is 0 Å². The topological polar surface area (TPSA) is 58.0 Å². The molecular formula is C18H21FN4O2S. The number of carbonyl (C=O) groups is 1. The van der Waals surface area contributed by atoms with Crippen LogP contribution in [0.3, 0.4) is 0 Å². The summed E-state index contributed by atoms with van der Waals surface area (Å²) < 4.78 is 19.9. The Labute approximate surface area is 156 Å². The van der Waals surface area contributed by atoms with Gasteiger partial charge in [0.15, 0.2) is 11.6 Å². The van der Waals surface area contributed by atoms with Gasteiger partial charge in [-0.3, -0.25) is 4.79 Å². The summed E-state index contributed by atoms with van der Waals surface area (Å²) in [6.45, 7) is 1.76. The molecule has 0 aliphatic carbocycles.